The van der Waals surface area contributed by atoms with Crippen LogP contribution in [-0.2, 0) is 9.47 Å². The fourth-order valence-electron chi connectivity index (χ4n) is 8.38. The molecule has 0 unspecified atom stereocenters. The molecule has 5 aliphatic rings. The second-order valence-corrected chi connectivity index (χ2v) is 10.6. The van der Waals surface area contributed by atoms with Gasteiger partial charge in [0.2, 0.25) is 0 Å². The quantitative estimate of drug-likeness (QED) is 0.706. The molecule has 0 amide bonds. The van der Waals surface area contributed by atoms with Crippen molar-refractivity contribution >= 4 is 0 Å². The van der Waals surface area contributed by atoms with Gasteiger partial charge in [0.15, 0.2) is 5.79 Å². The highest BCUT2D eigenvalue weighted by atomic mass is 16.7. The van der Waals surface area contributed by atoms with Crippen LogP contribution >= 0.6 is 0 Å². The Morgan fingerprint density at radius 3 is 2.32 bits per heavy atom. The van der Waals surface area contributed by atoms with Crippen LogP contribution < -0.4 is 0 Å². The number of hydrogen-bond donors (Lipinski definition) is 1. The fraction of sp³-hybridized carbons (Fsp3) is 1.00. The van der Waals surface area contributed by atoms with E-state index < -0.39 is 0 Å². The summed E-state index contributed by atoms with van der Waals surface area (Å²) in [5.74, 6) is 3.12. The number of hydrogen-bond acceptors (Lipinski definition) is 3. The van der Waals surface area contributed by atoms with E-state index in [0.29, 0.717) is 23.2 Å². The molecular weight excluding hydrogens is 312 g/mol. The molecule has 1 spiro atoms. The van der Waals surface area contributed by atoms with Crippen LogP contribution in [0, 0.1) is 40.4 Å². The normalized spacial score (nSPS) is 57.1. The lowest BCUT2D eigenvalue weighted by atomic mass is 9.44. The van der Waals surface area contributed by atoms with Gasteiger partial charge in [-0.2, -0.15) is 0 Å². The predicted octanol–water partition coefficient (Wildman–Crippen LogP) is 4.38. The molecule has 8 atom stereocenters. The van der Waals surface area contributed by atoms with Gasteiger partial charge in [0, 0.05) is 11.8 Å². The van der Waals surface area contributed by atoms with Crippen molar-refractivity contribution in [2.24, 2.45) is 40.4 Å². The first-order valence-electron chi connectivity index (χ1n) is 10.9. The van der Waals surface area contributed by atoms with Crippen molar-refractivity contribution in [3.05, 3.63) is 0 Å². The van der Waals surface area contributed by atoms with E-state index in [1.165, 1.54) is 38.5 Å². The van der Waals surface area contributed by atoms with Gasteiger partial charge in [-0.05, 0) is 73.5 Å². The minimum absolute atomic E-state index is 0.0988. The Morgan fingerprint density at radius 1 is 0.840 bits per heavy atom. The maximum Gasteiger partial charge on any atom is 0.174 e. The van der Waals surface area contributed by atoms with Gasteiger partial charge in [-0.1, -0.05) is 27.2 Å². The molecule has 142 valence electrons. The molecule has 4 aliphatic carbocycles. The summed E-state index contributed by atoms with van der Waals surface area (Å²) in [6, 6.07) is 0. The second-order valence-electron chi connectivity index (χ2n) is 10.6. The Bertz CT molecular complexity index is 541. The lowest BCUT2D eigenvalue weighted by molar-refractivity contribution is -0.252. The molecule has 0 aromatic rings. The molecule has 3 nitrogen and oxygen atoms in total. The van der Waals surface area contributed by atoms with E-state index in [1.54, 1.807) is 0 Å². The van der Waals surface area contributed by atoms with Gasteiger partial charge in [0.1, 0.15) is 0 Å². The molecule has 0 radical (unpaired) electrons. The molecule has 1 N–H and O–H groups in total. The summed E-state index contributed by atoms with van der Waals surface area (Å²) in [4.78, 5) is 0. The van der Waals surface area contributed by atoms with E-state index in [0.717, 1.165) is 37.9 Å². The molecule has 1 heterocycles. The van der Waals surface area contributed by atoms with E-state index >= 15 is 0 Å². The third kappa shape index (κ3) is 2.09. The number of aliphatic hydroxyl groups excluding tert-OH is 1. The zero-order chi connectivity index (χ0) is 17.4. The molecular formula is C22H36O3. The minimum atomic E-state index is -0.313. The zero-order valence-electron chi connectivity index (χ0n) is 16.3. The van der Waals surface area contributed by atoms with Crippen molar-refractivity contribution in [1.29, 1.82) is 0 Å². The predicted molar refractivity (Wildman–Crippen MR) is 96.9 cm³/mol. The van der Waals surface area contributed by atoms with Gasteiger partial charge in [-0.25, -0.2) is 0 Å². The van der Waals surface area contributed by atoms with Gasteiger partial charge >= 0.3 is 0 Å². The maximum absolute atomic E-state index is 11.1. The average molecular weight is 349 g/mol. The maximum atomic E-state index is 11.1. The van der Waals surface area contributed by atoms with Crippen LogP contribution in [0.1, 0.15) is 72.1 Å². The lowest BCUT2D eigenvalue weighted by Gasteiger charge is -2.62. The van der Waals surface area contributed by atoms with Crippen LogP contribution in [0.15, 0.2) is 0 Å². The van der Waals surface area contributed by atoms with Crippen molar-refractivity contribution < 1.29 is 14.6 Å². The zero-order valence-corrected chi connectivity index (χ0v) is 16.3. The summed E-state index contributed by atoms with van der Waals surface area (Å²) in [5.41, 5.74) is 0.499. The Labute approximate surface area is 152 Å². The molecule has 3 heteroatoms. The number of rotatable bonds is 0. The van der Waals surface area contributed by atoms with E-state index in [1.807, 2.05) is 0 Å². The molecule has 0 aromatic heterocycles. The van der Waals surface area contributed by atoms with Crippen molar-refractivity contribution in [3.63, 3.8) is 0 Å². The smallest absolute Gasteiger partial charge is 0.174 e. The van der Waals surface area contributed by atoms with E-state index in [2.05, 4.69) is 20.8 Å². The number of aliphatic hydroxyl groups is 1. The average Bonchev–Trinajstić information content (AvgIpc) is 3.17. The van der Waals surface area contributed by atoms with Gasteiger partial charge in [0.25, 0.3) is 0 Å². The van der Waals surface area contributed by atoms with Gasteiger partial charge < -0.3 is 14.6 Å². The Balaban J connectivity index is 1.48. The highest BCUT2D eigenvalue weighted by molar-refractivity contribution is 5.13. The van der Waals surface area contributed by atoms with Crippen LogP contribution in [-0.4, -0.2) is 30.2 Å². The second kappa shape index (κ2) is 5.45. The van der Waals surface area contributed by atoms with E-state index in [4.69, 9.17) is 9.47 Å². The first kappa shape index (κ1) is 17.0. The first-order valence-corrected chi connectivity index (χ1v) is 10.9. The Hall–Kier alpha value is -0.120. The third-order valence-electron chi connectivity index (χ3n) is 9.74. The number of ether oxygens (including phenoxy) is 2. The summed E-state index contributed by atoms with van der Waals surface area (Å²) in [7, 11) is 0. The van der Waals surface area contributed by atoms with E-state index in [9.17, 15) is 5.11 Å². The lowest BCUT2D eigenvalue weighted by Crippen LogP contribution is -2.59. The molecule has 25 heavy (non-hydrogen) atoms. The van der Waals surface area contributed by atoms with Gasteiger partial charge in [-0.3, -0.25) is 0 Å². The molecule has 0 aromatic carbocycles. The molecule has 1 saturated heterocycles. The Morgan fingerprint density at radius 2 is 1.56 bits per heavy atom. The summed E-state index contributed by atoms with van der Waals surface area (Å²) in [6.07, 6.45) is 9.66. The third-order valence-corrected chi connectivity index (χ3v) is 9.74. The van der Waals surface area contributed by atoms with Crippen LogP contribution in [0.4, 0.5) is 0 Å². The van der Waals surface area contributed by atoms with Crippen LogP contribution in [0.25, 0.3) is 0 Å². The van der Waals surface area contributed by atoms with Crippen LogP contribution in [0.3, 0.4) is 0 Å². The molecule has 5 fully saturated rings. The van der Waals surface area contributed by atoms with Crippen molar-refractivity contribution in [2.75, 3.05) is 13.2 Å². The topological polar surface area (TPSA) is 38.7 Å². The van der Waals surface area contributed by atoms with Gasteiger partial charge in [0.05, 0.1) is 19.3 Å². The summed E-state index contributed by atoms with van der Waals surface area (Å²) in [6.45, 7) is 8.87. The molecule has 0 bridgehead atoms. The minimum Gasteiger partial charge on any atom is -0.393 e. The largest absolute Gasteiger partial charge is 0.393 e. The van der Waals surface area contributed by atoms with Crippen molar-refractivity contribution in [2.45, 2.75) is 84.0 Å². The molecule has 5 rings (SSSR count). The summed E-state index contributed by atoms with van der Waals surface area (Å²) >= 11 is 0. The number of fused-ring (bicyclic) bond motifs is 6. The summed E-state index contributed by atoms with van der Waals surface area (Å²) in [5, 5.41) is 11.1. The Kier molecular flexibility index (Phi) is 3.71. The summed E-state index contributed by atoms with van der Waals surface area (Å²) < 4.78 is 12.5. The molecule has 1 aliphatic heterocycles. The van der Waals surface area contributed by atoms with Crippen LogP contribution in [0.2, 0.25) is 0 Å². The van der Waals surface area contributed by atoms with Crippen molar-refractivity contribution in [3.8, 4) is 0 Å². The van der Waals surface area contributed by atoms with Crippen LogP contribution in [0.5, 0.6) is 0 Å². The molecule has 4 saturated carbocycles. The SMILES string of the molecule is C[C@H]1CC[C@@]2(C)[C@H](C1)[C@@H](O)C[C@@H]1[C@@H]2CC[C@@]2(C)[C@H]1CCC21OCCO1. The van der Waals surface area contributed by atoms with Crippen molar-refractivity contribution in [1.82, 2.24) is 0 Å². The monoisotopic (exact) mass is 348 g/mol. The highest BCUT2D eigenvalue weighted by Crippen LogP contribution is 2.69. The van der Waals surface area contributed by atoms with Gasteiger partial charge in [-0.15, -0.1) is 0 Å². The fourth-order valence-corrected chi connectivity index (χ4v) is 8.38. The highest BCUT2D eigenvalue weighted by Gasteiger charge is 2.68. The van der Waals surface area contributed by atoms with E-state index in [-0.39, 0.29) is 17.3 Å². The standard InChI is InChI=1S/C22H36O3/c1-14-4-7-20(2)16-5-8-21(3)17(6-9-22(21)24-10-11-25-22)15(16)13-19(23)18(20)12-14/h14-19,23H,4-13H2,1-3H3/t14-,15+,16-,17-,18+,19-,20+,21-/m0/s1. The first-order chi connectivity index (χ1) is 11.9.